The second-order valence-electron chi connectivity index (χ2n) is 6.87. The highest BCUT2D eigenvalue weighted by Gasteiger charge is 2.27. The molecule has 7 nitrogen and oxygen atoms in total. The molecule has 26 heavy (non-hydrogen) atoms. The van der Waals surface area contributed by atoms with Gasteiger partial charge in [-0.05, 0) is 37.3 Å². The molecule has 2 aromatic rings. The molecule has 0 unspecified atom stereocenters. The Morgan fingerprint density at radius 3 is 2.62 bits per heavy atom. The van der Waals surface area contributed by atoms with Gasteiger partial charge in [0, 0.05) is 32.1 Å². The zero-order chi connectivity index (χ0) is 18.1. The molecule has 140 valence electrons. The second-order valence-corrected chi connectivity index (χ2v) is 8.18. The van der Waals surface area contributed by atoms with Gasteiger partial charge in [-0.25, -0.2) is 9.97 Å². The van der Waals surface area contributed by atoms with Crippen LogP contribution in [-0.2, 0) is 4.74 Å². The van der Waals surface area contributed by atoms with Gasteiger partial charge in [-0.3, -0.25) is 9.69 Å². The molecule has 2 aromatic heterocycles. The van der Waals surface area contributed by atoms with Crippen LogP contribution in [0.2, 0.25) is 5.28 Å². The number of halogens is 1. The first-order valence-corrected chi connectivity index (χ1v) is 10.2. The molecule has 1 aliphatic carbocycles. The van der Waals surface area contributed by atoms with E-state index in [0.29, 0.717) is 33.3 Å². The van der Waals surface area contributed by atoms with Crippen LogP contribution in [0.15, 0.2) is 0 Å². The van der Waals surface area contributed by atoms with Crippen molar-refractivity contribution in [2.75, 3.05) is 31.6 Å². The largest absolute Gasteiger partial charge is 0.379 e. The smallest absolute Gasteiger partial charge is 0.225 e. The van der Waals surface area contributed by atoms with Gasteiger partial charge in [0.15, 0.2) is 21.4 Å². The minimum absolute atomic E-state index is 0.0684. The molecule has 0 spiro atoms. The zero-order valence-corrected chi connectivity index (χ0v) is 16.3. The van der Waals surface area contributed by atoms with E-state index >= 15 is 0 Å². The van der Waals surface area contributed by atoms with Crippen molar-refractivity contribution in [2.24, 2.45) is 0 Å². The van der Waals surface area contributed by atoms with Crippen molar-refractivity contribution in [3.8, 4) is 0 Å². The van der Waals surface area contributed by atoms with Crippen LogP contribution in [-0.4, -0.2) is 64.0 Å². The zero-order valence-electron chi connectivity index (χ0n) is 14.7. The molecule has 0 aromatic carbocycles. The lowest BCUT2D eigenvalue weighted by molar-refractivity contribution is 0.00791. The average molecular weight is 396 g/mol. The van der Waals surface area contributed by atoms with E-state index in [4.69, 9.17) is 16.3 Å². The number of ketones is 1. The van der Waals surface area contributed by atoms with E-state index < -0.39 is 0 Å². The van der Waals surface area contributed by atoms with Crippen LogP contribution in [0.25, 0.3) is 10.3 Å². The van der Waals surface area contributed by atoms with Crippen molar-refractivity contribution in [2.45, 2.75) is 44.7 Å². The minimum atomic E-state index is -0.0684. The number of nitrogens with one attached hydrogen (secondary N) is 1. The highest BCUT2D eigenvalue weighted by atomic mass is 35.5. The van der Waals surface area contributed by atoms with Gasteiger partial charge in [0.2, 0.25) is 5.28 Å². The van der Waals surface area contributed by atoms with Crippen LogP contribution >= 0.6 is 22.9 Å². The number of Topliss-reactive ketones (excluding diaryl/α,β-unsaturated/α-hetero) is 1. The first kappa shape index (κ1) is 18.0. The molecule has 0 bridgehead atoms. The summed E-state index contributed by atoms with van der Waals surface area (Å²) in [6.45, 7) is 5.28. The van der Waals surface area contributed by atoms with Crippen LogP contribution in [0.4, 0.5) is 5.82 Å². The van der Waals surface area contributed by atoms with E-state index in [0.717, 1.165) is 52.0 Å². The number of carbonyl (C=O) groups excluding carboxylic acids is 1. The molecule has 0 radical (unpaired) electrons. The maximum atomic E-state index is 11.6. The van der Waals surface area contributed by atoms with Crippen molar-refractivity contribution >= 4 is 44.9 Å². The first-order valence-electron chi connectivity index (χ1n) is 9.03. The number of ether oxygens (including phenoxy) is 1. The molecule has 4 rings (SSSR count). The van der Waals surface area contributed by atoms with E-state index in [2.05, 4.69) is 25.2 Å². The number of anilines is 1. The quantitative estimate of drug-likeness (QED) is 0.629. The van der Waals surface area contributed by atoms with Crippen LogP contribution in [0.3, 0.4) is 0 Å². The summed E-state index contributed by atoms with van der Waals surface area (Å²) in [4.78, 5) is 27.8. The van der Waals surface area contributed by atoms with Crippen molar-refractivity contribution < 1.29 is 9.53 Å². The minimum Gasteiger partial charge on any atom is -0.379 e. The van der Waals surface area contributed by atoms with Crippen LogP contribution in [0.1, 0.15) is 42.4 Å². The summed E-state index contributed by atoms with van der Waals surface area (Å²) in [5.41, 5.74) is 0.639. The van der Waals surface area contributed by atoms with Crippen LogP contribution < -0.4 is 5.32 Å². The number of aromatic nitrogens is 3. The molecule has 3 heterocycles. The van der Waals surface area contributed by atoms with Crippen molar-refractivity contribution in [1.29, 1.82) is 0 Å². The van der Waals surface area contributed by atoms with E-state index in [9.17, 15) is 4.79 Å². The topological polar surface area (TPSA) is 80.2 Å². The molecule has 0 amide bonds. The fraction of sp³-hybridized carbons (Fsp3) is 0.647. The lowest BCUT2D eigenvalue weighted by Crippen LogP contribution is -2.46. The van der Waals surface area contributed by atoms with E-state index in [1.807, 2.05) is 0 Å². The summed E-state index contributed by atoms with van der Waals surface area (Å²) in [7, 11) is 0. The standard InChI is InChI=1S/C17H22ClN5O2S/c1-10(24)15-20-13-14(21-17(18)22-16(13)26-15)19-11-2-4-12(5-3-11)23-6-8-25-9-7-23/h11-12H,2-9H2,1H3,(H,19,21,22). The Kier molecular flexibility index (Phi) is 5.35. The second kappa shape index (κ2) is 7.72. The molecule has 2 fully saturated rings. The molecule has 1 aliphatic heterocycles. The predicted molar refractivity (Wildman–Crippen MR) is 102 cm³/mol. The van der Waals surface area contributed by atoms with E-state index in [1.165, 1.54) is 18.3 Å². The van der Waals surface area contributed by atoms with Gasteiger partial charge in [-0.2, -0.15) is 4.98 Å². The normalized spacial score (nSPS) is 24.7. The SMILES string of the molecule is CC(=O)c1nc2c(NC3CCC(N4CCOCC4)CC3)nc(Cl)nc2s1. The number of carbonyl (C=O) groups is 1. The lowest BCUT2D eigenvalue weighted by Gasteiger charge is -2.39. The van der Waals surface area contributed by atoms with Crippen LogP contribution in [0.5, 0.6) is 0 Å². The number of thiazole rings is 1. The van der Waals surface area contributed by atoms with Gasteiger partial charge in [-0.1, -0.05) is 11.3 Å². The first-order chi connectivity index (χ1) is 12.6. The number of nitrogens with zero attached hydrogens (tertiary/aromatic N) is 4. The molecule has 9 heteroatoms. The fourth-order valence-electron chi connectivity index (χ4n) is 3.77. The molecule has 1 saturated heterocycles. The summed E-state index contributed by atoms with van der Waals surface area (Å²) in [6.07, 6.45) is 4.48. The summed E-state index contributed by atoms with van der Waals surface area (Å²) < 4.78 is 5.45. The number of morpholine rings is 1. The Balaban J connectivity index is 1.45. The molecule has 1 N–H and O–H groups in total. The Morgan fingerprint density at radius 1 is 1.19 bits per heavy atom. The lowest BCUT2D eigenvalue weighted by atomic mass is 9.90. The summed E-state index contributed by atoms with van der Waals surface area (Å²) >= 11 is 7.33. The van der Waals surface area contributed by atoms with Crippen molar-refractivity contribution in [3.63, 3.8) is 0 Å². The highest BCUT2D eigenvalue weighted by Crippen LogP contribution is 2.30. The number of hydrogen-bond acceptors (Lipinski definition) is 8. The van der Waals surface area contributed by atoms with Gasteiger partial charge in [0.25, 0.3) is 0 Å². The summed E-state index contributed by atoms with van der Waals surface area (Å²) in [6, 6.07) is 0.985. The number of fused-ring (bicyclic) bond motifs is 1. The van der Waals surface area contributed by atoms with Gasteiger partial charge in [-0.15, -0.1) is 0 Å². The van der Waals surface area contributed by atoms with E-state index in [1.54, 1.807) is 0 Å². The number of hydrogen-bond donors (Lipinski definition) is 1. The Bertz CT molecular complexity index is 800. The Morgan fingerprint density at radius 2 is 1.92 bits per heavy atom. The van der Waals surface area contributed by atoms with Gasteiger partial charge in [0.05, 0.1) is 13.2 Å². The molecule has 2 aliphatic rings. The third-order valence-corrected chi connectivity index (χ3v) is 6.35. The fourth-order valence-corrected chi connectivity index (χ4v) is 4.82. The number of rotatable bonds is 4. The maximum Gasteiger partial charge on any atom is 0.225 e. The maximum absolute atomic E-state index is 11.6. The molecule has 1 saturated carbocycles. The molecular formula is C17H22ClN5O2S. The van der Waals surface area contributed by atoms with E-state index in [-0.39, 0.29) is 11.1 Å². The average Bonchev–Trinajstić information content (AvgIpc) is 3.08. The van der Waals surface area contributed by atoms with Gasteiger partial charge >= 0.3 is 0 Å². The Hall–Kier alpha value is -1.35. The third-order valence-electron chi connectivity index (χ3n) is 5.13. The van der Waals surface area contributed by atoms with Crippen molar-refractivity contribution in [3.05, 3.63) is 10.3 Å². The Labute approximate surface area is 161 Å². The van der Waals surface area contributed by atoms with Gasteiger partial charge in [0.1, 0.15) is 5.52 Å². The third kappa shape index (κ3) is 3.83. The molecular weight excluding hydrogens is 374 g/mol. The highest BCUT2D eigenvalue weighted by molar-refractivity contribution is 7.20. The predicted octanol–water partition coefficient (Wildman–Crippen LogP) is 3.00. The monoisotopic (exact) mass is 395 g/mol. The van der Waals surface area contributed by atoms with Crippen LogP contribution in [0, 0.1) is 0 Å². The van der Waals surface area contributed by atoms with Gasteiger partial charge < -0.3 is 10.1 Å². The van der Waals surface area contributed by atoms with Crippen molar-refractivity contribution in [1.82, 2.24) is 19.9 Å². The molecule has 0 atom stereocenters. The summed E-state index contributed by atoms with van der Waals surface area (Å²) in [5, 5.41) is 4.12. The summed E-state index contributed by atoms with van der Waals surface area (Å²) in [5.74, 6) is 0.569.